The number of rotatable bonds is 21. The maximum Gasteiger partial charge on any atom is 1.00 e. The fourth-order valence-corrected chi connectivity index (χ4v) is 9.68. The van der Waals surface area contributed by atoms with Gasteiger partial charge in [-0.2, -0.15) is 0 Å². The van der Waals surface area contributed by atoms with Crippen LogP contribution in [0, 0.1) is 0 Å². The summed E-state index contributed by atoms with van der Waals surface area (Å²) in [4.78, 5) is 61.6. The molecule has 0 aromatic carbocycles. The number of carbonyl (C=O) groups is 4. The first kappa shape index (κ1) is 79.1. The van der Waals surface area contributed by atoms with Crippen LogP contribution in [0.3, 0.4) is 0 Å². The Bertz CT molecular complexity index is 1890. The van der Waals surface area contributed by atoms with E-state index in [1.807, 2.05) is 0 Å². The number of hydrogen-bond acceptors (Lipinski definition) is 30. The molecule has 0 aromatic rings. The van der Waals surface area contributed by atoms with E-state index in [1.54, 1.807) is 48.5 Å². The van der Waals surface area contributed by atoms with Gasteiger partial charge in [-0.05, 0) is 94.4 Å². The molecule has 20 unspecified atom stereocenters. The number of carboxylic acid groups (broad SMARTS) is 1. The second kappa shape index (κ2) is 38.3. The number of aliphatic carboxylic acids is 1. The molecule has 0 spiro atoms. The third-order valence-electron chi connectivity index (χ3n) is 12.3. The molecule has 0 radical (unpaired) electrons. The summed E-state index contributed by atoms with van der Waals surface area (Å²) in [7, 11) is -8.20. The summed E-state index contributed by atoms with van der Waals surface area (Å²) in [6, 6.07) is 0. The minimum Gasteiger partial charge on any atom is -0.550 e. The van der Waals surface area contributed by atoms with Gasteiger partial charge in [-0.1, -0.05) is 0 Å². The largest absolute Gasteiger partial charge is 1.00 e. The summed E-state index contributed by atoms with van der Waals surface area (Å²) < 4.78 is 78.6. The number of ether oxygens (including phenoxy) is 9. The van der Waals surface area contributed by atoms with E-state index in [0.717, 1.165) is 0 Å². The van der Waals surface area contributed by atoms with Gasteiger partial charge in [0, 0.05) is 12.4 Å². The Morgan fingerprint density at radius 1 is 0.469 bits per heavy atom. The topological polar surface area (TPSA) is 510 Å². The third-order valence-corrected chi connectivity index (χ3v) is 14.9. The van der Waals surface area contributed by atoms with Crippen LogP contribution in [-0.2, 0) is 70.4 Å². The van der Waals surface area contributed by atoms with Crippen molar-refractivity contribution in [2.75, 3.05) is 32.5 Å². The van der Waals surface area contributed by atoms with E-state index in [-0.39, 0.29) is 80.2 Å². The number of hydrogen-bond donors (Lipinski definition) is 14. The first-order valence-electron chi connectivity index (χ1n) is 25.7. The first-order chi connectivity index (χ1) is 37.0. The molecule has 81 heavy (non-hydrogen) atoms. The van der Waals surface area contributed by atoms with Crippen molar-refractivity contribution >= 4 is 39.4 Å². The molecule has 14 N–H and O–H groups in total. The quantitative estimate of drug-likeness (QED) is 0.0167. The molecule has 0 aromatic heterocycles. The van der Waals surface area contributed by atoms with Crippen LogP contribution >= 0.6 is 15.2 Å². The Labute approximate surface area is 490 Å². The fraction of sp³-hybridized carbons (Fsp3) is 0.913. The van der Waals surface area contributed by atoms with Gasteiger partial charge in [0.15, 0.2) is 0 Å². The number of esters is 1. The van der Waals surface area contributed by atoms with E-state index in [0.29, 0.717) is 6.61 Å². The summed E-state index contributed by atoms with van der Waals surface area (Å²) in [6.07, 6.45) is -25.2. The second-order valence-corrected chi connectivity index (χ2v) is 23.5. The molecular formula is C46H85NaO32P2. The smallest absolute Gasteiger partial charge is 0.550 e. The minimum atomic E-state index is -4.15. The van der Waals surface area contributed by atoms with E-state index < -0.39 is 188 Å². The summed E-state index contributed by atoms with van der Waals surface area (Å²) in [5.41, 5.74) is 0. The van der Waals surface area contributed by atoms with Crippen molar-refractivity contribution in [3.8, 4) is 0 Å². The third kappa shape index (κ3) is 28.9. The van der Waals surface area contributed by atoms with Gasteiger partial charge in [0.25, 0.3) is 0 Å². The molecule has 4 aliphatic rings. The molecule has 4 fully saturated rings. The maximum absolute atomic E-state index is 13.0. The monoisotopic (exact) mass is 1230 g/mol. The average molecular weight is 1240 g/mol. The van der Waals surface area contributed by atoms with Crippen LogP contribution in [0.15, 0.2) is 0 Å². The molecule has 0 saturated carbocycles. The summed E-state index contributed by atoms with van der Waals surface area (Å²) >= 11 is 0. The second-order valence-electron chi connectivity index (χ2n) is 19.6. The molecule has 4 heterocycles. The molecule has 32 nitrogen and oxygen atoms in total. The van der Waals surface area contributed by atoms with Crippen LogP contribution in [-0.4, -0.2) is 262 Å². The summed E-state index contributed by atoms with van der Waals surface area (Å²) in [5.74, 6) is -1.60. The molecule has 0 aliphatic carbocycles. The number of carboxylic acids is 1. The van der Waals surface area contributed by atoms with Crippen molar-refractivity contribution in [2.24, 2.45) is 0 Å². The van der Waals surface area contributed by atoms with E-state index in [1.165, 1.54) is 13.8 Å². The van der Waals surface area contributed by atoms with Crippen molar-refractivity contribution < 1.29 is 186 Å². The Balaban J connectivity index is 0.00000111. The van der Waals surface area contributed by atoms with Crippen LogP contribution in [0.2, 0.25) is 0 Å². The van der Waals surface area contributed by atoms with Gasteiger partial charge in [-0.3, -0.25) is 23.0 Å². The van der Waals surface area contributed by atoms with Gasteiger partial charge in [0.2, 0.25) is 13.6 Å². The molecule has 4 aliphatic heterocycles. The average Bonchev–Trinajstić information content (AvgIpc) is 3.36. The normalized spacial score (nSPS) is 34.0. The van der Waals surface area contributed by atoms with Gasteiger partial charge in [0.1, 0.15) is 73.2 Å². The molecule has 4 saturated heterocycles. The zero-order chi connectivity index (χ0) is 61.6. The van der Waals surface area contributed by atoms with Crippen molar-refractivity contribution in [3.05, 3.63) is 0 Å². The standard InChI is InChI=1S/C18H33O13P.C11H20O6.C9H16O6.C8H17O7P.Na/c1-10(2)29-17(22)25-8-27-32(24,28-9-26-18(23)30-11(3)4)7-6-13-15(20)16(21)14(19)12(5)31-13;1-3-16-8(12)5-4-7-10(14)11(15)9(13)6(2)17-7;1-4-7(12)9(14)8(13)5(15-4)2-3-6(10)11;1-4-6(9)8(11)7(10)5(15-4)2-3-16(12,13)14;/h10-16,19-21H,6-9H2,1-5H3;6-7,9-11,13-15H,3-5H2,1-2H3;4-5,7-9,12-14H,2-3H2,1H3,(H,10,11);4-11H,2-3H2,1H3,(H2,12,13,14);/q;;;;+1/p-1. The molecule has 0 amide bonds. The van der Waals surface area contributed by atoms with Crippen molar-refractivity contribution in [3.63, 3.8) is 0 Å². The zero-order valence-electron chi connectivity index (χ0n) is 47.0. The van der Waals surface area contributed by atoms with Gasteiger partial charge >= 0.3 is 63.0 Å². The predicted octanol–water partition coefficient (Wildman–Crippen LogP) is -6.47. The van der Waals surface area contributed by atoms with Crippen LogP contribution < -0.4 is 34.7 Å². The van der Waals surface area contributed by atoms with E-state index in [4.69, 9.17) is 52.0 Å². The van der Waals surface area contributed by atoms with Crippen LogP contribution in [0.4, 0.5) is 9.59 Å². The summed E-state index contributed by atoms with van der Waals surface area (Å²) in [6.45, 7) is 13.0. The SMILES string of the molecule is CC(C)OC(=O)OCOP(=O)(CCC1OC(C)C(O)C(O)C1O)OCOC(=O)OC(C)C.CC1OC(CCC(=O)[O-])C(O)C(O)C1O.CC1OC(CCP(=O)(O)O)C(O)C(O)C1O.CCOC(=O)CCC1OC(C)C(O)C(O)C1O.[Na+]. The fourth-order valence-electron chi connectivity index (χ4n) is 7.76. The van der Waals surface area contributed by atoms with Crippen molar-refractivity contribution in [1.82, 2.24) is 0 Å². The molecule has 0 bridgehead atoms. The minimum absolute atomic E-state index is 0. The van der Waals surface area contributed by atoms with Crippen molar-refractivity contribution in [1.29, 1.82) is 0 Å². The first-order valence-corrected chi connectivity index (χ1v) is 29.2. The Morgan fingerprint density at radius 2 is 0.765 bits per heavy atom. The molecule has 4 rings (SSSR count). The van der Waals surface area contributed by atoms with Crippen LogP contribution in [0.5, 0.6) is 0 Å². The number of carbonyl (C=O) groups excluding carboxylic acids is 4. The number of aliphatic hydroxyl groups excluding tert-OH is 12. The van der Waals surface area contributed by atoms with Gasteiger partial charge in [0.05, 0.1) is 80.0 Å². The van der Waals surface area contributed by atoms with Gasteiger partial charge < -0.3 is 124 Å². The van der Waals surface area contributed by atoms with Gasteiger partial charge in [-0.15, -0.1) is 0 Å². The van der Waals surface area contributed by atoms with Crippen LogP contribution in [0.25, 0.3) is 0 Å². The van der Waals surface area contributed by atoms with E-state index >= 15 is 0 Å². The van der Waals surface area contributed by atoms with E-state index in [9.17, 15) is 94.7 Å². The summed E-state index contributed by atoms with van der Waals surface area (Å²) in [5, 5.41) is 125. The molecular weight excluding hydrogens is 1150 g/mol. The molecule has 35 heteroatoms. The van der Waals surface area contributed by atoms with E-state index in [2.05, 4.69) is 9.47 Å². The zero-order valence-corrected chi connectivity index (χ0v) is 50.8. The Hall–Kier alpha value is -1.86. The Morgan fingerprint density at radius 3 is 1.05 bits per heavy atom. The molecule has 20 atom stereocenters. The van der Waals surface area contributed by atoms with Gasteiger partial charge in [-0.25, -0.2) is 9.59 Å². The number of aliphatic hydroxyl groups is 12. The Kier molecular flexibility index (Phi) is 37.5. The molecule has 472 valence electrons. The van der Waals surface area contributed by atoms with Crippen LogP contribution in [0.1, 0.15) is 101 Å². The predicted molar refractivity (Wildman–Crippen MR) is 265 cm³/mol. The van der Waals surface area contributed by atoms with Crippen molar-refractivity contribution in [2.45, 2.75) is 235 Å². The maximum atomic E-state index is 13.0.